The molecular weight excluding hydrogens is 356 g/mol. The van der Waals surface area contributed by atoms with Gasteiger partial charge in [0, 0.05) is 24.9 Å². The summed E-state index contributed by atoms with van der Waals surface area (Å²) in [5.41, 5.74) is 3.84. The molecule has 3 aromatic rings. The highest BCUT2D eigenvalue weighted by Crippen LogP contribution is 2.38. The Morgan fingerprint density at radius 3 is 2.61 bits per heavy atom. The zero-order valence-corrected chi connectivity index (χ0v) is 16.5. The first-order valence-corrected chi connectivity index (χ1v) is 9.37. The Balaban J connectivity index is 1.63. The molecule has 3 heterocycles. The summed E-state index contributed by atoms with van der Waals surface area (Å²) in [6.45, 7) is 6.36. The number of hydrogen-bond acceptors (Lipinski definition) is 5. The van der Waals surface area contributed by atoms with Crippen LogP contribution >= 0.6 is 0 Å². The van der Waals surface area contributed by atoms with Crippen LogP contribution in [0.25, 0.3) is 5.69 Å². The van der Waals surface area contributed by atoms with Crippen LogP contribution in [0, 0.1) is 26.7 Å². The van der Waals surface area contributed by atoms with Gasteiger partial charge in [-0.3, -0.25) is 10.1 Å². The molecule has 0 bridgehead atoms. The number of benzene rings is 1. The first-order valence-electron chi connectivity index (χ1n) is 9.37. The molecule has 1 fully saturated rings. The first kappa shape index (κ1) is 18.4. The summed E-state index contributed by atoms with van der Waals surface area (Å²) >= 11 is 0. The highest BCUT2D eigenvalue weighted by atomic mass is 16.5. The Kier molecular flexibility index (Phi) is 4.72. The molecule has 0 radical (unpaired) electrons. The van der Waals surface area contributed by atoms with Gasteiger partial charge in [0.1, 0.15) is 5.82 Å². The van der Waals surface area contributed by atoms with Crippen LogP contribution in [0.5, 0.6) is 0 Å². The topological polar surface area (TPSA) is 86.9 Å². The van der Waals surface area contributed by atoms with E-state index in [9.17, 15) is 4.79 Å². The molecule has 1 aliphatic heterocycles. The second-order valence-corrected chi connectivity index (χ2v) is 7.14. The number of rotatable bonds is 4. The van der Waals surface area contributed by atoms with Crippen molar-refractivity contribution in [2.24, 2.45) is 13.0 Å². The molecule has 0 spiro atoms. The van der Waals surface area contributed by atoms with E-state index in [0.717, 1.165) is 28.5 Å². The number of hydrogen-bond donors (Lipinski definition) is 1. The summed E-state index contributed by atoms with van der Waals surface area (Å²) in [7, 11) is 1.83. The fraction of sp³-hybridized carbons (Fsp3) is 0.400. The average molecular weight is 380 g/mol. The van der Waals surface area contributed by atoms with Crippen LogP contribution in [0.2, 0.25) is 0 Å². The molecule has 8 nitrogen and oxygen atoms in total. The van der Waals surface area contributed by atoms with Gasteiger partial charge in [0.15, 0.2) is 0 Å². The number of ether oxygens (including phenoxy) is 1. The second-order valence-electron chi connectivity index (χ2n) is 7.14. The summed E-state index contributed by atoms with van der Waals surface area (Å²) < 4.78 is 9.67. The van der Waals surface area contributed by atoms with Gasteiger partial charge in [-0.15, -0.1) is 10.2 Å². The van der Waals surface area contributed by atoms with E-state index < -0.39 is 0 Å². The lowest BCUT2D eigenvalue weighted by Crippen LogP contribution is -2.27. The third-order valence-electron chi connectivity index (χ3n) is 5.39. The number of aromatic nitrogens is 5. The Hall–Kier alpha value is -3.00. The molecule has 2 aromatic heterocycles. The third kappa shape index (κ3) is 3.09. The molecular formula is C20H24N6O2. The lowest BCUT2D eigenvalue weighted by atomic mass is 9.93. The Bertz CT molecular complexity index is 1010. The van der Waals surface area contributed by atoms with E-state index >= 15 is 0 Å². The van der Waals surface area contributed by atoms with E-state index in [2.05, 4.69) is 15.5 Å². The zero-order chi connectivity index (χ0) is 19.8. The number of carbonyl (C=O) groups excluding carboxylic acids is 1. The van der Waals surface area contributed by atoms with Crippen molar-refractivity contribution in [1.82, 2.24) is 24.5 Å². The van der Waals surface area contributed by atoms with E-state index in [1.807, 2.05) is 62.8 Å². The van der Waals surface area contributed by atoms with Crippen molar-refractivity contribution >= 4 is 11.9 Å². The van der Waals surface area contributed by atoms with Gasteiger partial charge in [-0.1, -0.05) is 18.2 Å². The Morgan fingerprint density at radius 2 is 1.93 bits per heavy atom. The van der Waals surface area contributed by atoms with Gasteiger partial charge < -0.3 is 9.30 Å². The van der Waals surface area contributed by atoms with Crippen molar-refractivity contribution in [1.29, 1.82) is 0 Å². The van der Waals surface area contributed by atoms with Crippen molar-refractivity contribution in [3.05, 3.63) is 53.1 Å². The lowest BCUT2D eigenvalue weighted by molar-refractivity contribution is -0.121. The number of aryl methyl sites for hydroxylation is 2. The molecule has 1 N–H and O–H groups in total. The van der Waals surface area contributed by atoms with E-state index in [-0.39, 0.29) is 17.9 Å². The van der Waals surface area contributed by atoms with Crippen molar-refractivity contribution in [3.8, 4) is 5.69 Å². The molecule has 0 saturated carbocycles. The predicted octanol–water partition coefficient (Wildman–Crippen LogP) is 2.64. The summed E-state index contributed by atoms with van der Waals surface area (Å²) in [6, 6.07) is 9.97. The fourth-order valence-electron chi connectivity index (χ4n) is 3.75. The van der Waals surface area contributed by atoms with E-state index in [1.54, 1.807) is 4.57 Å². The quantitative estimate of drug-likeness (QED) is 0.752. The Morgan fingerprint density at radius 1 is 1.18 bits per heavy atom. The fourth-order valence-corrected chi connectivity index (χ4v) is 3.75. The molecule has 1 saturated heterocycles. The van der Waals surface area contributed by atoms with Gasteiger partial charge in [0.05, 0.1) is 23.4 Å². The van der Waals surface area contributed by atoms with Gasteiger partial charge in [-0.2, -0.15) is 5.10 Å². The molecule has 2 atom stereocenters. The van der Waals surface area contributed by atoms with Crippen LogP contribution in [0.1, 0.15) is 35.3 Å². The molecule has 4 rings (SSSR count). The maximum absolute atomic E-state index is 13.0. The van der Waals surface area contributed by atoms with Crippen LogP contribution in [0.15, 0.2) is 30.3 Å². The van der Waals surface area contributed by atoms with E-state index in [0.29, 0.717) is 19.0 Å². The highest BCUT2D eigenvalue weighted by molar-refractivity contribution is 5.91. The number of anilines is 1. The molecule has 1 amide bonds. The normalized spacial score (nSPS) is 19.1. The van der Waals surface area contributed by atoms with Crippen LogP contribution in [0.4, 0.5) is 5.95 Å². The summed E-state index contributed by atoms with van der Waals surface area (Å²) in [5, 5.41) is 15.6. The van der Waals surface area contributed by atoms with Crippen LogP contribution in [-0.4, -0.2) is 37.1 Å². The third-order valence-corrected chi connectivity index (χ3v) is 5.39. The van der Waals surface area contributed by atoms with Gasteiger partial charge in [0.25, 0.3) is 0 Å². The standard InChI is InChI=1S/C20H24N6O2/c1-12-17(13(2)26(24-12)15-8-6-5-7-9-15)18-16(10-11-28-18)19(27)21-20-23-22-14(3)25(20)4/h5-9,16,18H,10-11H2,1-4H3,(H,21,23,27)/t16-,18-/m0/s1. The van der Waals surface area contributed by atoms with Crippen LogP contribution < -0.4 is 5.32 Å². The van der Waals surface area contributed by atoms with Crippen LogP contribution in [0.3, 0.4) is 0 Å². The Labute approximate surface area is 163 Å². The maximum atomic E-state index is 13.0. The van der Waals surface area contributed by atoms with Gasteiger partial charge >= 0.3 is 0 Å². The number of carbonyl (C=O) groups is 1. The van der Waals surface area contributed by atoms with Gasteiger partial charge in [-0.05, 0) is 39.3 Å². The van der Waals surface area contributed by atoms with Gasteiger partial charge in [-0.25, -0.2) is 4.68 Å². The van der Waals surface area contributed by atoms with Crippen molar-refractivity contribution in [2.75, 3.05) is 11.9 Å². The minimum Gasteiger partial charge on any atom is -0.373 e. The molecule has 8 heteroatoms. The van der Waals surface area contributed by atoms with Crippen molar-refractivity contribution in [2.45, 2.75) is 33.3 Å². The van der Waals surface area contributed by atoms with Gasteiger partial charge in [0.2, 0.25) is 11.9 Å². The second kappa shape index (κ2) is 7.20. The smallest absolute Gasteiger partial charge is 0.232 e. The minimum atomic E-state index is -0.327. The molecule has 1 aliphatic rings. The average Bonchev–Trinajstić information content (AvgIpc) is 3.36. The predicted molar refractivity (Wildman–Crippen MR) is 104 cm³/mol. The first-order chi connectivity index (χ1) is 13.5. The van der Waals surface area contributed by atoms with E-state index in [4.69, 9.17) is 9.84 Å². The highest BCUT2D eigenvalue weighted by Gasteiger charge is 2.38. The largest absolute Gasteiger partial charge is 0.373 e. The molecule has 146 valence electrons. The monoisotopic (exact) mass is 380 g/mol. The SMILES string of the molecule is Cc1nn(-c2ccccc2)c(C)c1[C@H]1OCC[C@@H]1C(=O)Nc1nnc(C)n1C. The molecule has 28 heavy (non-hydrogen) atoms. The number of nitrogens with one attached hydrogen (secondary N) is 1. The van der Waals surface area contributed by atoms with Crippen molar-refractivity contribution in [3.63, 3.8) is 0 Å². The van der Waals surface area contributed by atoms with Crippen LogP contribution in [-0.2, 0) is 16.6 Å². The molecule has 0 aliphatic carbocycles. The maximum Gasteiger partial charge on any atom is 0.232 e. The summed E-state index contributed by atoms with van der Waals surface area (Å²) in [4.78, 5) is 13.0. The number of nitrogens with zero attached hydrogens (tertiary/aromatic N) is 5. The lowest BCUT2D eigenvalue weighted by Gasteiger charge is -2.19. The minimum absolute atomic E-state index is 0.107. The zero-order valence-electron chi connectivity index (χ0n) is 16.5. The molecule has 1 aromatic carbocycles. The number of para-hydroxylation sites is 1. The summed E-state index contributed by atoms with van der Waals surface area (Å²) in [6.07, 6.45) is 0.328. The number of amides is 1. The van der Waals surface area contributed by atoms with Crippen molar-refractivity contribution < 1.29 is 9.53 Å². The summed E-state index contributed by atoms with van der Waals surface area (Å²) in [5.74, 6) is 0.777. The molecule has 0 unspecified atom stereocenters. The van der Waals surface area contributed by atoms with E-state index in [1.165, 1.54) is 0 Å².